The molecule has 4 nitrogen and oxygen atoms in total. The lowest BCUT2D eigenvalue weighted by molar-refractivity contribution is -0.385. The summed E-state index contributed by atoms with van der Waals surface area (Å²) < 4.78 is 0. The molecule has 1 unspecified atom stereocenters. The van der Waals surface area contributed by atoms with Gasteiger partial charge in [0, 0.05) is 22.7 Å². The molecule has 0 saturated heterocycles. The highest BCUT2D eigenvalue weighted by Gasteiger charge is 2.15. The van der Waals surface area contributed by atoms with Crippen LogP contribution in [0.25, 0.3) is 0 Å². The van der Waals surface area contributed by atoms with Crippen LogP contribution < -0.4 is 5.32 Å². The number of nitrogens with one attached hydrogen (secondary N) is 1. The van der Waals surface area contributed by atoms with Gasteiger partial charge in [-0.15, -0.1) is 0 Å². The van der Waals surface area contributed by atoms with E-state index in [4.69, 9.17) is 11.6 Å². The fourth-order valence-electron chi connectivity index (χ4n) is 1.65. The van der Waals surface area contributed by atoms with Gasteiger partial charge < -0.3 is 5.32 Å². The number of hydrogen-bond donors (Lipinski definition) is 1. The van der Waals surface area contributed by atoms with Crippen molar-refractivity contribution in [2.75, 3.05) is 6.54 Å². The van der Waals surface area contributed by atoms with Gasteiger partial charge in [0.1, 0.15) is 0 Å². The molecule has 1 rings (SSSR count). The van der Waals surface area contributed by atoms with E-state index in [2.05, 4.69) is 5.32 Å². The van der Waals surface area contributed by atoms with Crippen LogP contribution in [0.3, 0.4) is 0 Å². The third-order valence-corrected chi connectivity index (χ3v) is 2.55. The minimum absolute atomic E-state index is 0.133. The summed E-state index contributed by atoms with van der Waals surface area (Å²) >= 11 is 5.84. The maximum atomic E-state index is 10.8. The van der Waals surface area contributed by atoms with E-state index < -0.39 is 0 Å². The second-order valence-electron chi connectivity index (χ2n) is 3.69. The number of nitrogens with zero attached hydrogens (tertiary/aromatic N) is 1. The molecule has 1 N–H and O–H groups in total. The molecule has 16 heavy (non-hydrogen) atoms. The molecule has 0 spiro atoms. The van der Waals surface area contributed by atoms with Gasteiger partial charge in [0.15, 0.2) is 0 Å². The predicted octanol–water partition coefficient (Wildman–Crippen LogP) is 2.79. The second kappa shape index (κ2) is 5.82. The molecule has 0 aromatic heterocycles. The molecule has 5 heteroatoms. The lowest BCUT2D eigenvalue weighted by atomic mass is 10.1. The molecule has 0 radical (unpaired) electrons. The van der Waals surface area contributed by atoms with E-state index in [9.17, 15) is 10.1 Å². The highest BCUT2D eigenvalue weighted by atomic mass is 35.5. The van der Waals surface area contributed by atoms with Crippen LogP contribution in [0, 0.1) is 10.1 Å². The Bertz CT molecular complexity index is 382. The summed E-state index contributed by atoms with van der Waals surface area (Å²) in [6.45, 7) is 4.84. The summed E-state index contributed by atoms with van der Waals surface area (Å²) in [6.07, 6.45) is 0.602. The minimum Gasteiger partial charge on any atom is -0.314 e. The number of halogens is 1. The summed E-state index contributed by atoms with van der Waals surface area (Å²) in [6, 6.07) is 4.85. The zero-order valence-electron chi connectivity index (χ0n) is 9.37. The van der Waals surface area contributed by atoms with Gasteiger partial charge in [-0.05, 0) is 32.0 Å². The zero-order chi connectivity index (χ0) is 12.1. The minimum atomic E-state index is -0.371. The molecular weight excluding hydrogens is 228 g/mol. The van der Waals surface area contributed by atoms with Crippen molar-refractivity contribution in [2.24, 2.45) is 0 Å². The first-order chi connectivity index (χ1) is 7.54. The molecule has 1 aromatic rings. The maximum absolute atomic E-state index is 10.8. The van der Waals surface area contributed by atoms with Crippen LogP contribution >= 0.6 is 11.6 Å². The van der Waals surface area contributed by atoms with E-state index in [1.54, 1.807) is 12.1 Å². The molecule has 1 aromatic carbocycles. The van der Waals surface area contributed by atoms with Gasteiger partial charge in [-0.2, -0.15) is 0 Å². The van der Waals surface area contributed by atoms with Gasteiger partial charge in [-0.1, -0.05) is 18.5 Å². The lowest BCUT2D eigenvalue weighted by Crippen LogP contribution is -2.27. The first-order valence-corrected chi connectivity index (χ1v) is 5.58. The molecule has 0 aliphatic heterocycles. The van der Waals surface area contributed by atoms with Crippen LogP contribution in [0.2, 0.25) is 5.02 Å². The largest absolute Gasteiger partial charge is 0.314 e. The fourth-order valence-corrected chi connectivity index (χ4v) is 1.84. The SMILES string of the molecule is CCNC(C)Cc1cc(Cl)ccc1[N+](=O)[O-]. The molecule has 0 amide bonds. The van der Waals surface area contributed by atoms with Gasteiger partial charge in [0.25, 0.3) is 5.69 Å². The molecule has 0 fully saturated rings. The van der Waals surface area contributed by atoms with E-state index in [0.29, 0.717) is 17.0 Å². The average molecular weight is 243 g/mol. The summed E-state index contributed by atoms with van der Waals surface area (Å²) in [5, 5.41) is 14.6. The highest BCUT2D eigenvalue weighted by molar-refractivity contribution is 6.30. The van der Waals surface area contributed by atoms with E-state index >= 15 is 0 Å². The third-order valence-electron chi connectivity index (χ3n) is 2.32. The van der Waals surface area contributed by atoms with Crippen molar-refractivity contribution in [2.45, 2.75) is 26.3 Å². The molecule has 0 heterocycles. The number of nitro groups is 1. The van der Waals surface area contributed by atoms with E-state index in [0.717, 1.165) is 6.54 Å². The van der Waals surface area contributed by atoms with Crippen molar-refractivity contribution in [1.29, 1.82) is 0 Å². The van der Waals surface area contributed by atoms with Crippen molar-refractivity contribution >= 4 is 17.3 Å². The third kappa shape index (κ3) is 3.47. The van der Waals surface area contributed by atoms with Crippen LogP contribution in [0.15, 0.2) is 18.2 Å². The fraction of sp³-hybridized carbons (Fsp3) is 0.455. The van der Waals surface area contributed by atoms with Crippen molar-refractivity contribution < 1.29 is 4.92 Å². The zero-order valence-corrected chi connectivity index (χ0v) is 10.1. The van der Waals surface area contributed by atoms with Gasteiger partial charge in [-0.3, -0.25) is 10.1 Å². The maximum Gasteiger partial charge on any atom is 0.272 e. The molecule has 88 valence electrons. The first kappa shape index (κ1) is 12.9. The smallest absolute Gasteiger partial charge is 0.272 e. The van der Waals surface area contributed by atoms with E-state index in [1.807, 2.05) is 13.8 Å². The Labute approximate surface area is 99.8 Å². The molecule has 1 atom stereocenters. The number of likely N-dealkylation sites (N-methyl/N-ethyl adjacent to an activating group) is 1. The van der Waals surface area contributed by atoms with Gasteiger partial charge >= 0.3 is 0 Å². The Morgan fingerprint density at radius 1 is 1.56 bits per heavy atom. The van der Waals surface area contributed by atoms with E-state index in [1.165, 1.54) is 6.07 Å². The molecule has 0 aliphatic rings. The molecule has 0 aliphatic carbocycles. The van der Waals surface area contributed by atoms with Crippen LogP contribution in [-0.4, -0.2) is 17.5 Å². The van der Waals surface area contributed by atoms with Crippen molar-refractivity contribution in [1.82, 2.24) is 5.32 Å². The van der Waals surface area contributed by atoms with Gasteiger partial charge in [0.05, 0.1) is 4.92 Å². The summed E-state index contributed by atoms with van der Waals surface area (Å²) in [4.78, 5) is 10.4. The van der Waals surface area contributed by atoms with Crippen molar-refractivity contribution in [3.8, 4) is 0 Å². The highest BCUT2D eigenvalue weighted by Crippen LogP contribution is 2.23. The van der Waals surface area contributed by atoms with Crippen LogP contribution in [0.1, 0.15) is 19.4 Å². The van der Waals surface area contributed by atoms with Gasteiger partial charge in [0.2, 0.25) is 0 Å². The van der Waals surface area contributed by atoms with Crippen LogP contribution in [0.4, 0.5) is 5.69 Å². The topological polar surface area (TPSA) is 55.2 Å². The Hall–Kier alpha value is -1.13. The molecule has 0 bridgehead atoms. The Balaban J connectivity index is 2.92. The monoisotopic (exact) mass is 242 g/mol. The predicted molar refractivity (Wildman–Crippen MR) is 64.9 cm³/mol. The van der Waals surface area contributed by atoms with E-state index in [-0.39, 0.29) is 16.7 Å². The Kier molecular flexibility index (Phi) is 4.71. The Morgan fingerprint density at radius 2 is 2.25 bits per heavy atom. The molecular formula is C11H15ClN2O2. The summed E-state index contributed by atoms with van der Waals surface area (Å²) in [7, 11) is 0. The Morgan fingerprint density at radius 3 is 2.81 bits per heavy atom. The molecule has 0 saturated carbocycles. The standard InChI is InChI=1S/C11H15ClN2O2/c1-3-13-8(2)6-9-7-10(12)4-5-11(9)14(15)16/h4-5,7-8,13H,3,6H2,1-2H3. The van der Waals surface area contributed by atoms with Gasteiger partial charge in [-0.25, -0.2) is 0 Å². The first-order valence-electron chi connectivity index (χ1n) is 5.20. The lowest BCUT2D eigenvalue weighted by Gasteiger charge is -2.12. The van der Waals surface area contributed by atoms with Crippen LogP contribution in [-0.2, 0) is 6.42 Å². The second-order valence-corrected chi connectivity index (χ2v) is 4.13. The van der Waals surface area contributed by atoms with Crippen molar-refractivity contribution in [3.05, 3.63) is 38.9 Å². The number of nitro benzene ring substituents is 1. The quantitative estimate of drug-likeness (QED) is 0.638. The average Bonchev–Trinajstić information content (AvgIpc) is 2.17. The normalized spacial score (nSPS) is 12.4. The number of hydrogen-bond acceptors (Lipinski definition) is 3. The summed E-state index contributed by atoms with van der Waals surface area (Å²) in [5.41, 5.74) is 0.806. The number of benzene rings is 1. The van der Waals surface area contributed by atoms with Crippen molar-refractivity contribution in [3.63, 3.8) is 0 Å². The van der Waals surface area contributed by atoms with Crippen LogP contribution in [0.5, 0.6) is 0 Å². The number of rotatable bonds is 5. The summed E-state index contributed by atoms with van der Waals surface area (Å²) in [5.74, 6) is 0.